The summed E-state index contributed by atoms with van der Waals surface area (Å²) in [5, 5.41) is 0. The Morgan fingerprint density at radius 3 is 2.50 bits per heavy atom. The van der Waals surface area contributed by atoms with E-state index in [0.717, 1.165) is 18.5 Å². The van der Waals surface area contributed by atoms with Gasteiger partial charge >= 0.3 is 6.09 Å². The van der Waals surface area contributed by atoms with Crippen LogP contribution in [0.15, 0.2) is 79.0 Å². The molecule has 0 aliphatic carbocycles. The second-order valence-corrected chi connectivity index (χ2v) is 11.4. The van der Waals surface area contributed by atoms with Gasteiger partial charge in [-0.3, -0.25) is 4.98 Å². The summed E-state index contributed by atoms with van der Waals surface area (Å²) in [6, 6.07) is 21.3. The third-order valence-electron chi connectivity index (χ3n) is 6.85. The highest BCUT2D eigenvalue weighted by atomic mass is 32.2. The highest BCUT2D eigenvalue weighted by molar-refractivity contribution is 7.88. The number of sulfonamides is 1. The van der Waals surface area contributed by atoms with Crippen LogP contribution in [0, 0.1) is 0 Å². The van der Waals surface area contributed by atoms with Gasteiger partial charge in [0, 0.05) is 19.9 Å². The number of hydrogen-bond acceptors (Lipinski definition) is 7. The van der Waals surface area contributed by atoms with Crippen molar-refractivity contribution in [2.75, 3.05) is 26.7 Å². The van der Waals surface area contributed by atoms with Crippen LogP contribution in [0.2, 0.25) is 0 Å². The van der Waals surface area contributed by atoms with Crippen molar-refractivity contribution in [3.05, 3.63) is 90.3 Å². The summed E-state index contributed by atoms with van der Waals surface area (Å²) < 4.78 is 45.6. The van der Waals surface area contributed by atoms with Gasteiger partial charge in [-0.1, -0.05) is 36.4 Å². The Balaban J connectivity index is 1.24. The number of benzene rings is 2. The minimum atomic E-state index is -3.58. The lowest BCUT2D eigenvalue weighted by Crippen LogP contribution is -2.33. The number of methoxy groups -OCH3 is 1. The topological polar surface area (TPSA) is 98.3 Å². The van der Waals surface area contributed by atoms with Crippen molar-refractivity contribution in [1.82, 2.24) is 14.2 Å². The number of nitrogens with zero attached hydrogens (tertiary/aromatic N) is 3. The third-order valence-corrected chi connectivity index (χ3v) is 8.70. The van der Waals surface area contributed by atoms with Crippen LogP contribution in [0.5, 0.6) is 11.5 Å². The van der Waals surface area contributed by atoms with E-state index in [1.165, 1.54) is 0 Å². The minimum Gasteiger partial charge on any atom is -0.486 e. The van der Waals surface area contributed by atoms with Gasteiger partial charge in [0.1, 0.15) is 23.7 Å². The van der Waals surface area contributed by atoms with E-state index < -0.39 is 22.2 Å². The number of amides is 1. The molecule has 0 N–H and O–H groups in total. The van der Waals surface area contributed by atoms with Gasteiger partial charge in [-0.05, 0) is 54.8 Å². The number of carbonyl (C=O) groups is 1. The first-order valence-electron chi connectivity index (χ1n) is 12.6. The molecule has 0 radical (unpaired) electrons. The van der Waals surface area contributed by atoms with Gasteiger partial charge in [-0.15, -0.1) is 0 Å². The highest BCUT2D eigenvalue weighted by Crippen LogP contribution is 2.34. The maximum absolute atomic E-state index is 13.4. The molecule has 0 bridgehead atoms. The van der Waals surface area contributed by atoms with E-state index >= 15 is 0 Å². The molecule has 2 fully saturated rings. The number of hydrogen-bond donors (Lipinski definition) is 0. The first-order chi connectivity index (χ1) is 18.4. The molecule has 2 aromatic carbocycles. The van der Waals surface area contributed by atoms with Crippen LogP contribution in [-0.4, -0.2) is 67.7 Å². The number of carbonyl (C=O) groups excluding carboxylic acids is 1. The van der Waals surface area contributed by atoms with E-state index in [0.29, 0.717) is 30.2 Å². The second-order valence-electron chi connectivity index (χ2n) is 9.44. The fourth-order valence-electron chi connectivity index (χ4n) is 5.01. The summed E-state index contributed by atoms with van der Waals surface area (Å²) in [6.07, 6.45) is 1.99. The van der Waals surface area contributed by atoms with Crippen molar-refractivity contribution in [1.29, 1.82) is 0 Å². The fraction of sp³-hybridized carbons (Fsp3) is 0.357. The molecule has 2 saturated heterocycles. The van der Waals surface area contributed by atoms with E-state index in [9.17, 15) is 13.2 Å². The second kappa shape index (κ2) is 11.5. The Morgan fingerprint density at radius 1 is 0.974 bits per heavy atom. The first kappa shape index (κ1) is 26.1. The Hall–Kier alpha value is -3.47. The molecule has 1 amide bonds. The largest absolute Gasteiger partial charge is 0.486 e. The summed E-state index contributed by atoms with van der Waals surface area (Å²) in [4.78, 5) is 18.6. The highest BCUT2D eigenvalue weighted by Gasteiger charge is 2.39. The number of para-hydroxylation sites is 1. The smallest absolute Gasteiger partial charge is 0.415 e. The molecule has 38 heavy (non-hydrogen) atoms. The molecule has 1 unspecified atom stereocenters. The number of rotatable bonds is 8. The van der Waals surface area contributed by atoms with Crippen molar-refractivity contribution in [3.8, 4) is 11.5 Å². The van der Waals surface area contributed by atoms with E-state index in [1.807, 2.05) is 24.3 Å². The van der Waals surface area contributed by atoms with Crippen molar-refractivity contribution >= 4 is 16.1 Å². The van der Waals surface area contributed by atoms with E-state index in [4.69, 9.17) is 14.2 Å². The molecule has 3 aromatic rings. The zero-order chi connectivity index (χ0) is 26.5. The normalized spacial score (nSPS) is 21.9. The van der Waals surface area contributed by atoms with Gasteiger partial charge in [0.15, 0.2) is 0 Å². The summed E-state index contributed by atoms with van der Waals surface area (Å²) in [6.45, 7) is 1.09. The van der Waals surface area contributed by atoms with Crippen LogP contribution < -0.4 is 9.47 Å². The third kappa shape index (κ3) is 5.98. The van der Waals surface area contributed by atoms with Crippen LogP contribution in [0.3, 0.4) is 0 Å². The molecule has 1 aromatic heterocycles. The fourth-order valence-corrected chi connectivity index (χ4v) is 6.78. The Morgan fingerprint density at radius 2 is 1.74 bits per heavy atom. The minimum absolute atomic E-state index is 0.137. The summed E-state index contributed by atoms with van der Waals surface area (Å²) in [7, 11) is -2.00. The average molecular weight is 538 g/mol. The SMILES string of the molecule is CO[C@H]1CN(C(=O)Oc2ccccc2)C[C@@H]1Oc1cccc(CS(=O)(=O)N2CCCC2c2ccccn2)c1. The number of aromatic nitrogens is 1. The van der Waals surface area contributed by atoms with Crippen LogP contribution in [0.25, 0.3) is 0 Å². The molecule has 9 nitrogen and oxygen atoms in total. The van der Waals surface area contributed by atoms with E-state index in [-0.39, 0.29) is 24.4 Å². The van der Waals surface area contributed by atoms with Crippen LogP contribution in [0.4, 0.5) is 4.79 Å². The standard InChI is InChI=1S/C28H31N3O6S/c1-35-26-18-30(28(32)37-22-10-3-2-4-11-22)19-27(26)36-23-12-7-9-21(17-23)20-38(33,34)31-16-8-14-25(31)24-13-5-6-15-29-24/h2-7,9-13,15,17,25-27H,8,14,16,18-20H2,1H3/t25?,26-,27-/m0/s1. The lowest BCUT2D eigenvalue weighted by Gasteiger charge is -2.24. The Bertz CT molecular complexity index is 1340. The molecular weight excluding hydrogens is 506 g/mol. The molecular formula is C28H31N3O6S. The van der Waals surface area contributed by atoms with Crippen molar-refractivity contribution in [3.63, 3.8) is 0 Å². The molecule has 3 heterocycles. The van der Waals surface area contributed by atoms with Gasteiger partial charge in [-0.25, -0.2) is 13.2 Å². The predicted molar refractivity (Wildman–Crippen MR) is 141 cm³/mol. The lowest BCUT2D eigenvalue weighted by atomic mass is 10.1. The molecule has 2 aliphatic heterocycles. The predicted octanol–water partition coefficient (Wildman–Crippen LogP) is 4.03. The molecule has 5 rings (SSSR count). The maximum atomic E-state index is 13.4. The van der Waals surface area contributed by atoms with Gasteiger partial charge in [0.25, 0.3) is 0 Å². The van der Waals surface area contributed by atoms with Crippen LogP contribution >= 0.6 is 0 Å². The summed E-state index contributed by atoms with van der Waals surface area (Å²) >= 11 is 0. The van der Waals surface area contributed by atoms with Gasteiger partial charge in [0.2, 0.25) is 10.0 Å². The van der Waals surface area contributed by atoms with Crippen molar-refractivity contribution in [2.24, 2.45) is 0 Å². The zero-order valence-corrected chi connectivity index (χ0v) is 22.0. The Kier molecular flexibility index (Phi) is 7.92. The summed E-state index contributed by atoms with van der Waals surface area (Å²) in [5.74, 6) is 0.847. The maximum Gasteiger partial charge on any atom is 0.415 e. The average Bonchev–Trinajstić information content (AvgIpc) is 3.58. The lowest BCUT2D eigenvalue weighted by molar-refractivity contribution is 0.0341. The number of pyridine rings is 1. The van der Waals surface area contributed by atoms with Crippen molar-refractivity contribution in [2.45, 2.75) is 36.8 Å². The van der Waals surface area contributed by atoms with E-state index in [1.54, 1.807) is 71.0 Å². The van der Waals surface area contributed by atoms with Gasteiger partial charge in [-0.2, -0.15) is 4.31 Å². The van der Waals surface area contributed by atoms with Crippen LogP contribution in [0.1, 0.15) is 30.1 Å². The quantitative estimate of drug-likeness (QED) is 0.428. The van der Waals surface area contributed by atoms with Gasteiger partial charge < -0.3 is 19.1 Å². The molecule has 0 spiro atoms. The number of ether oxygens (including phenoxy) is 3. The molecule has 10 heteroatoms. The molecule has 2 aliphatic rings. The molecule has 3 atom stereocenters. The molecule has 0 saturated carbocycles. The zero-order valence-electron chi connectivity index (χ0n) is 21.2. The first-order valence-corrected chi connectivity index (χ1v) is 14.2. The van der Waals surface area contributed by atoms with Gasteiger partial charge in [0.05, 0.1) is 30.6 Å². The summed E-state index contributed by atoms with van der Waals surface area (Å²) in [5.41, 5.74) is 1.40. The Labute approximate surface area is 223 Å². The van der Waals surface area contributed by atoms with Crippen molar-refractivity contribution < 1.29 is 27.4 Å². The van der Waals surface area contributed by atoms with Crippen LogP contribution in [-0.2, 0) is 20.5 Å². The monoisotopic (exact) mass is 537 g/mol. The van der Waals surface area contributed by atoms with E-state index in [2.05, 4.69) is 4.98 Å². The number of likely N-dealkylation sites (tertiary alicyclic amines) is 1. The molecule has 200 valence electrons.